The number of nitrogens with one attached hydrogen (secondary N) is 2. The summed E-state index contributed by atoms with van der Waals surface area (Å²) in [6.45, 7) is 8.05. The largest absolute Gasteiger partial charge is 0.416 e. The average molecular weight is 542 g/mol. The Morgan fingerprint density at radius 2 is 1.62 bits per heavy atom. The first-order chi connectivity index (χ1) is 17.2. The topological polar surface area (TPSA) is 53.8 Å². The molecule has 2 heterocycles. The summed E-state index contributed by atoms with van der Waals surface area (Å²) in [4.78, 5) is 3.61. The zero-order valence-electron chi connectivity index (χ0n) is 19.7. The molecule has 37 heavy (non-hydrogen) atoms. The molecular formula is C26H22F7N3S. The number of benzene rings is 2. The number of hydrogen-bond acceptors (Lipinski definition) is 3. The quantitative estimate of drug-likeness (QED) is 0.216. The maximum Gasteiger partial charge on any atom is 0.416 e. The van der Waals surface area contributed by atoms with E-state index < -0.39 is 23.5 Å². The highest BCUT2D eigenvalue weighted by atomic mass is 32.1. The van der Waals surface area contributed by atoms with E-state index in [0.29, 0.717) is 41.2 Å². The molecular weight excluding hydrogens is 519 g/mol. The lowest BCUT2D eigenvalue weighted by molar-refractivity contribution is -0.143. The van der Waals surface area contributed by atoms with Gasteiger partial charge in [-0.25, -0.2) is 4.39 Å². The molecule has 0 atom stereocenters. The van der Waals surface area contributed by atoms with E-state index in [2.05, 4.69) is 16.9 Å². The Kier molecular flexibility index (Phi) is 6.78. The van der Waals surface area contributed by atoms with Crippen LogP contribution in [0, 0.1) is 19.7 Å². The molecule has 0 unspecified atom stereocenters. The maximum atomic E-state index is 14.2. The van der Waals surface area contributed by atoms with Crippen LogP contribution >= 0.6 is 11.3 Å². The highest BCUT2D eigenvalue weighted by Gasteiger charge is 2.37. The third-order valence-corrected chi connectivity index (χ3v) is 7.31. The van der Waals surface area contributed by atoms with Crippen LogP contribution in [0.5, 0.6) is 0 Å². The normalized spacial score (nSPS) is 12.4. The fourth-order valence-corrected chi connectivity index (χ4v) is 5.27. The Hall–Kier alpha value is -3.47. The van der Waals surface area contributed by atoms with E-state index in [1.54, 1.807) is 6.07 Å². The molecule has 0 aliphatic rings. The molecule has 0 saturated heterocycles. The van der Waals surface area contributed by atoms with Crippen LogP contribution in [0.3, 0.4) is 0 Å². The second kappa shape index (κ2) is 9.44. The lowest BCUT2D eigenvalue weighted by atomic mass is 10.0. The molecule has 0 spiro atoms. The summed E-state index contributed by atoms with van der Waals surface area (Å²) < 4.78 is 93.7. The van der Waals surface area contributed by atoms with E-state index >= 15 is 0 Å². The number of aromatic amines is 1. The first-order valence-corrected chi connectivity index (χ1v) is 11.9. The van der Waals surface area contributed by atoms with Crippen LogP contribution in [0.25, 0.3) is 27.0 Å². The van der Waals surface area contributed by atoms with Crippen molar-refractivity contribution in [3.63, 3.8) is 0 Å². The van der Waals surface area contributed by atoms with Gasteiger partial charge in [-0.15, -0.1) is 11.3 Å². The number of rotatable bonds is 6. The Bertz CT molecular complexity index is 1460. The third kappa shape index (κ3) is 5.31. The number of nitrogen functional groups attached to an aromatic ring is 1. The lowest BCUT2D eigenvalue weighted by Gasteiger charge is -2.13. The second-order valence-corrected chi connectivity index (χ2v) is 9.74. The molecule has 3 nitrogen and oxygen atoms in total. The summed E-state index contributed by atoms with van der Waals surface area (Å²) in [6, 6.07) is 5.85. The Morgan fingerprint density at radius 1 is 1.00 bits per heavy atom. The minimum absolute atomic E-state index is 0.0855. The van der Waals surface area contributed by atoms with E-state index in [4.69, 9.17) is 5.73 Å². The number of thiophene rings is 1. The van der Waals surface area contributed by atoms with E-state index in [1.165, 1.54) is 12.1 Å². The maximum absolute atomic E-state index is 14.2. The van der Waals surface area contributed by atoms with Crippen molar-refractivity contribution >= 4 is 33.6 Å². The predicted molar refractivity (Wildman–Crippen MR) is 133 cm³/mol. The molecule has 4 rings (SSSR count). The van der Waals surface area contributed by atoms with Gasteiger partial charge < -0.3 is 16.0 Å². The first kappa shape index (κ1) is 26.6. The van der Waals surface area contributed by atoms with Crippen LogP contribution in [-0.2, 0) is 18.8 Å². The van der Waals surface area contributed by atoms with Crippen molar-refractivity contribution in [1.82, 2.24) is 10.3 Å². The van der Waals surface area contributed by atoms with Crippen LogP contribution in [-0.4, -0.2) is 11.5 Å². The molecule has 4 N–H and O–H groups in total. The fraction of sp³-hybridized carbons (Fsp3) is 0.231. The van der Waals surface area contributed by atoms with Crippen molar-refractivity contribution in [1.29, 1.82) is 0 Å². The second-order valence-electron chi connectivity index (χ2n) is 8.69. The molecule has 0 fully saturated rings. The summed E-state index contributed by atoms with van der Waals surface area (Å²) in [5, 5.41) is 3.91. The van der Waals surface area contributed by atoms with Gasteiger partial charge in [0, 0.05) is 28.2 Å². The highest BCUT2D eigenvalue weighted by Crippen LogP contribution is 2.42. The predicted octanol–water partition coefficient (Wildman–Crippen LogP) is 8.08. The molecule has 2 aromatic heterocycles. The summed E-state index contributed by atoms with van der Waals surface area (Å²) in [5.74, 6) is -0.352. The van der Waals surface area contributed by atoms with Crippen LogP contribution in [0.4, 0.5) is 36.4 Å². The van der Waals surface area contributed by atoms with Crippen molar-refractivity contribution in [3.05, 3.63) is 81.6 Å². The number of halogens is 7. The number of H-pyrrole nitrogens is 1. The Labute approximate surface area is 211 Å². The molecule has 0 saturated carbocycles. The van der Waals surface area contributed by atoms with Gasteiger partial charge in [0.25, 0.3) is 0 Å². The lowest BCUT2D eigenvalue weighted by Crippen LogP contribution is -2.15. The fourth-order valence-electron chi connectivity index (χ4n) is 4.25. The number of nitrogens with two attached hydrogens (primary N) is 1. The number of anilines is 1. The van der Waals surface area contributed by atoms with Crippen molar-refractivity contribution < 1.29 is 30.7 Å². The summed E-state index contributed by atoms with van der Waals surface area (Å²) in [7, 11) is 0. The molecule has 2 aromatic carbocycles. The smallest absolute Gasteiger partial charge is 0.397 e. The molecule has 4 aromatic rings. The molecule has 0 bridgehead atoms. The summed E-state index contributed by atoms with van der Waals surface area (Å²) >= 11 is 0.940. The monoisotopic (exact) mass is 541 g/mol. The van der Waals surface area contributed by atoms with E-state index in [0.717, 1.165) is 33.5 Å². The van der Waals surface area contributed by atoms with Gasteiger partial charge in [0.2, 0.25) is 0 Å². The van der Waals surface area contributed by atoms with Crippen LogP contribution in [0.15, 0.2) is 43.0 Å². The van der Waals surface area contributed by atoms with Gasteiger partial charge in [-0.2, -0.15) is 26.3 Å². The van der Waals surface area contributed by atoms with Gasteiger partial charge in [0.1, 0.15) is 5.82 Å². The van der Waals surface area contributed by atoms with Crippen molar-refractivity contribution in [2.24, 2.45) is 0 Å². The van der Waals surface area contributed by atoms with E-state index in [9.17, 15) is 30.7 Å². The number of aryl methyl sites for hydroxylation is 2. The van der Waals surface area contributed by atoms with Crippen molar-refractivity contribution in [3.8, 4) is 10.4 Å². The van der Waals surface area contributed by atoms with Crippen LogP contribution < -0.4 is 11.1 Å². The minimum Gasteiger partial charge on any atom is -0.397 e. The molecule has 0 amide bonds. The Morgan fingerprint density at radius 3 is 2.22 bits per heavy atom. The highest BCUT2D eigenvalue weighted by molar-refractivity contribution is 7.17. The van der Waals surface area contributed by atoms with Gasteiger partial charge in [-0.05, 0) is 67.3 Å². The van der Waals surface area contributed by atoms with Crippen molar-refractivity contribution in [2.75, 3.05) is 12.3 Å². The van der Waals surface area contributed by atoms with Crippen LogP contribution in [0.2, 0.25) is 0 Å². The van der Waals surface area contributed by atoms with E-state index in [1.807, 2.05) is 13.8 Å². The molecule has 0 radical (unpaired) electrons. The summed E-state index contributed by atoms with van der Waals surface area (Å²) in [5.41, 5.74) is 6.64. The van der Waals surface area contributed by atoms with Crippen LogP contribution in [0.1, 0.15) is 32.8 Å². The molecule has 0 aliphatic carbocycles. The number of aromatic nitrogens is 1. The van der Waals surface area contributed by atoms with Gasteiger partial charge in [0.05, 0.1) is 27.2 Å². The standard InChI is InChI=1S/C26H22F7N3S/c1-12-4-5-19(27)23-22(12)18(13(2)36-23)6-7-35-14(3)24-20(34)11-21(37-24)15-8-16(25(28,29)30)10-17(9-15)26(31,32)33/h4-5,8-11,35-36H,3,6-7,34H2,1-2H3. The van der Waals surface area contributed by atoms with Gasteiger partial charge in [-0.3, -0.25) is 0 Å². The number of alkyl halides is 6. The van der Waals surface area contributed by atoms with E-state index in [-0.39, 0.29) is 28.0 Å². The first-order valence-electron chi connectivity index (χ1n) is 11.1. The average Bonchev–Trinajstić information content (AvgIpc) is 3.35. The third-order valence-electron chi connectivity index (χ3n) is 6.05. The molecule has 0 aliphatic heterocycles. The molecule has 196 valence electrons. The summed E-state index contributed by atoms with van der Waals surface area (Å²) in [6.07, 6.45) is -9.39. The number of fused-ring (bicyclic) bond motifs is 1. The van der Waals surface area contributed by atoms with Gasteiger partial charge in [-0.1, -0.05) is 12.6 Å². The molecule has 11 heteroatoms. The van der Waals surface area contributed by atoms with Gasteiger partial charge in [0.15, 0.2) is 0 Å². The zero-order valence-corrected chi connectivity index (χ0v) is 20.5. The zero-order chi connectivity index (χ0) is 27.3. The SMILES string of the molecule is C=C(NCCc1c(C)[nH]c2c(F)ccc(C)c12)c1sc(-c2cc(C(F)(F)F)cc(C(F)(F)F)c2)cc1N. The van der Waals surface area contributed by atoms with Gasteiger partial charge >= 0.3 is 12.4 Å². The Balaban J connectivity index is 1.57. The van der Waals surface area contributed by atoms with Crippen molar-refractivity contribution in [2.45, 2.75) is 32.6 Å². The number of hydrogen-bond donors (Lipinski definition) is 3. The minimum atomic E-state index is -4.95.